The van der Waals surface area contributed by atoms with Crippen molar-refractivity contribution in [1.82, 2.24) is 5.32 Å². The second kappa shape index (κ2) is 7.05. The minimum atomic E-state index is -0.537. The van der Waals surface area contributed by atoms with E-state index in [1.54, 1.807) is 6.07 Å². The van der Waals surface area contributed by atoms with Crippen LogP contribution in [0.2, 0.25) is 0 Å². The first-order valence-electron chi connectivity index (χ1n) is 6.03. The molecule has 0 saturated carbocycles. The van der Waals surface area contributed by atoms with Crippen molar-refractivity contribution in [2.45, 2.75) is 13.2 Å². The van der Waals surface area contributed by atoms with E-state index in [9.17, 15) is 9.18 Å². The molecular weight excluding hydrogens is 325 g/mol. The van der Waals surface area contributed by atoms with Crippen molar-refractivity contribution in [2.75, 3.05) is 0 Å². The number of carbonyl (C=O) groups is 1. The Morgan fingerprint density at radius 3 is 2.70 bits per heavy atom. The molecule has 104 valence electrons. The molecule has 0 heterocycles. The monoisotopic (exact) mass is 337 g/mol. The molecule has 0 aliphatic rings. The molecule has 0 radical (unpaired) electrons. The van der Waals surface area contributed by atoms with Gasteiger partial charge in [-0.3, -0.25) is 0 Å². The van der Waals surface area contributed by atoms with Gasteiger partial charge in [0, 0.05) is 11.0 Å². The van der Waals surface area contributed by atoms with Crippen molar-refractivity contribution in [3.05, 3.63) is 69.9 Å². The van der Waals surface area contributed by atoms with Crippen LogP contribution in [0.1, 0.15) is 11.1 Å². The summed E-state index contributed by atoms with van der Waals surface area (Å²) < 4.78 is 18.9. The maximum atomic E-state index is 13.1. The molecule has 0 fully saturated rings. The highest BCUT2D eigenvalue weighted by molar-refractivity contribution is 9.10. The molecule has 2 aromatic rings. The Kier molecular flexibility index (Phi) is 5.12. The van der Waals surface area contributed by atoms with Crippen LogP contribution < -0.4 is 5.32 Å². The van der Waals surface area contributed by atoms with Crippen molar-refractivity contribution >= 4 is 22.0 Å². The maximum absolute atomic E-state index is 13.1. The number of benzene rings is 2. The lowest BCUT2D eigenvalue weighted by molar-refractivity contribution is 0.139. The SMILES string of the molecule is O=C(NCc1cc(F)ccc1Br)OCc1ccccc1. The first-order valence-corrected chi connectivity index (χ1v) is 6.83. The maximum Gasteiger partial charge on any atom is 0.407 e. The minimum absolute atomic E-state index is 0.200. The van der Waals surface area contributed by atoms with Gasteiger partial charge in [-0.25, -0.2) is 9.18 Å². The van der Waals surface area contributed by atoms with Crippen LogP contribution in [0.4, 0.5) is 9.18 Å². The Balaban J connectivity index is 1.82. The van der Waals surface area contributed by atoms with Gasteiger partial charge in [-0.1, -0.05) is 46.3 Å². The summed E-state index contributed by atoms with van der Waals surface area (Å²) in [4.78, 5) is 11.5. The molecule has 1 amide bonds. The number of alkyl carbamates (subject to hydrolysis) is 1. The second-order valence-corrected chi connectivity index (χ2v) is 5.01. The van der Waals surface area contributed by atoms with Crippen LogP contribution in [-0.4, -0.2) is 6.09 Å². The van der Waals surface area contributed by atoms with E-state index < -0.39 is 6.09 Å². The van der Waals surface area contributed by atoms with Crippen molar-refractivity contribution < 1.29 is 13.9 Å². The van der Waals surface area contributed by atoms with Gasteiger partial charge in [0.05, 0.1) is 0 Å². The molecule has 0 bridgehead atoms. The lowest BCUT2D eigenvalue weighted by atomic mass is 10.2. The Morgan fingerprint density at radius 2 is 1.95 bits per heavy atom. The van der Waals surface area contributed by atoms with Crippen molar-refractivity contribution in [2.24, 2.45) is 0 Å². The number of nitrogens with one attached hydrogen (secondary N) is 1. The summed E-state index contributed by atoms with van der Waals surface area (Å²) in [5, 5.41) is 2.58. The van der Waals surface area contributed by atoms with Gasteiger partial charge in [-0.05, 0) is 29.3 Å². The number of carbonyl (C=O) groups excluding carboxylic acids is 1. The second-order valence-electron chi connectivity index (χ2n) is 4.15. The zero-order valence-corrected chi connectivity index (χ0v) is 12.2. The smallest absolute Gasteiger partial charge is 0.407 e. The quantitative estimate of drug-likeness (QED) is 0.915. The molecule has 2 aromatic carbocycles. The first kappa shape index (κ1) is 14.5. The van der Waals surface area contributed by atoms with E-state index in [-0.39, 0.29) is 19.0 Å². The molecule has 0 aliphatic heterocycles. The topological polar surface area (TPSA) is 38.3 Å². The summed E-state index contributed by atoms with van der Waals surface area (Å²) in [7, 11) is 0. The third-order valence-electron chi connectivity index (χ3n) is 2.64. The number of halogens is 2. The van der Waals surface area contributed by atoms with Gasteiger partial charge in [0.2, 0.25) is 0 Å². The predicted octanol–water partition coefficient (Wildman–Crippen LogP) is 4.01. The van der Waals surface area contributed by atoms with E-state index in [0.29, 0.717) is 5.56 Å². The molecule has 20 heavy (non-hydrogen) atoms. The molecule has 2 rings (SSSR count). The molecule has 0 aromatic heterocycles. The molecule has 3 nitrogen and oxygen atoms in total. The van der Waals surface area contributed by atoms with Crippen LogP contribution in [0.3, 0.4) is 0 Å². The lowest BCUT2D eigenvalue weighted by Gasteiger charge is -2.08. The lowest BCUT2D eigenvalue weighted by Crippen LogP contribution is -2.23. The molecule has 1 N–H and O–H groups in total. The Labute approximate surface area is 124 Å². The summed E-state index contributed by atoms with van der Waals surface area (Å²) in [5.41, 5.74) is 1.57. The largest absolute Gasteiger partial charge is 0.445 e. The number of ether oxygens (including phenoxy) is 1. The summed E-state index contributed by atoms with van der Waals surface area (Å²) in [6.45, 7) is 0.406. The highest BCUT2D eigenvalue weighted by atomic mass is 79.9. The van der Waals surface area contributed by atoms with Crippen molar-refractivity contribution in [3.8, 4) is 0 Å². The van der Waals surface area contributed by atoms with Crippen molar-refractivity contribution in [1.29, 1.82) is 0 Å². The van der Waals surface area contributed by atoms with Gasteiger partial charge in [-0.2, -0.15) is 0 Å². The Morgan fingerprint density at radius 1 is 1.20 bits per heavy atom. The average molecular weight is 338 g/mol. The van der Waals surface area contributed by atoms with Gasteiger partial charge in [-0.15, -0.1) is 0 Å². The van der Waals surface area contributed by atoms with Crippen LogP contribution in [0.5, 0.6) is 0 Å². The molecule has 0 unspecified atom stereocenters. The van der Waals surface area contributed by atoms with Gasteiger partial charge < -0.3 is 10.1 Å². The van der Waals surface area contributed by atoms with Gasteiger partial charge in [0.1, 0.15) is 12.4 Å². The fourth-order valence-electron chi connectivity index (χ4n) is 1.62. The van der Waals surface area contributed by atoms with E-state index in [0.717, 1.165) is 10.0 Å². The van der Waals surface area contributed by atoms with E-state index in [2.05, 4.69) is 21.2 Å². The Bertz CT molecular complexity index is 590. The van der Waals surface area contributed by atoms with Gasteiger partial charge in [0.25, 0.3) is 0 Å². The summed E-state index contributed by atoms with van der Waals surface area (Å²) >= 11 is 3.30. The average Bonchev–Trinajstić information content (AvgIpc) is 2.47. The fourth-order valence-corrected chi connectivity index (χ4v) is 2.01. The van der Waals surface area contributed by atoms with E-state index >= 15 is 0 Å². The summed E-state index contributed by atoms with van der Waals surface area (Å²) in [6.07, 6.45) is -0.537. The van der Waals surface area contributed by atoms with Gasteiger partial charge in [0.15, 0.2) is 0 Å². The highest BCUT2D eigenvalue weighted by Gasteiger charge is 2.06. The number of amides is 1. The standard InChI is InChI=1S/C15H13BrFNO2/c16-14-7-6-13(17)8-12(14)9-18-15(19)20-10-11-4-2-1-3-5-11/h1-8H,9-10H2,(H,18,19). The molecular formula is C15H13BrFNO2. The zero-order valence-electron chi connectivity index (χ0n) is 10.6. The van der Waals surface area contributed by atoms with E-state index in [4.69, 9.17) is 4.74 Å². The molecule has 0 spiro atoms. The van der Waals surface area contributed by atoms with Crippen LogP contribution >= 0.6 is 15.9 Å². The highest BCUT2D eigenvalue weighted by Crippen LogP contribution is 2.17. The molecule has 0 saturated heterocycles. The van der Waals surface area contributed by atoms with E-state index in [1.807, 2.05) is 30.3 Å². The number of rotatable bonds is 4. The predicted molar refractivity (Wildman–Crippen MR) is 77.6 cm³/mol. The third-order valence-corrected chi connectivity index (χ3v) is 3.42. The first-order chi connectivity index (χ1) is 9.65. The molecule has 5 heteroatoms. The summed E-state index contributed by atoms with van der Waals surface area (Å²) in [6, 6.07) is 13.7. The van der Waals surface area contributed by atoms with Crippen LogP contribution in [0.15, 0.2) is 53.0 Å². The normalized spacial score (nSPS) is 10.1. The minimum Gasteiger partial charge on any atom is -0.445 e. The third kappa shape index (κ3) is 4.35. The molecule has 0 aliphatic carbocycles. The summed E-state index contributed by atoms with van der Waals surface area (Å²) in [5.74, 6) is -0.345. The van der Waals surface area contributed by atoms with Crippen LogP contribution in [0, 0.1) is 5.82 Å². The van der Waals surface area contributed by atoms with Crippen molar-refractivity contribution in [3.63, 3.8) is 0 Å². The number of hydrogen-bond acceptors (Lipinski definition) is 2. The zero-order chi connectivity index (χ0) is 14.4. The van der Waals surface area contributed by atoms with E-state index in [1.165, 1.54) is 12.1 Å². The van der Waals surface area contributed by atoms with Gasteiger partial charge >= 0.3 is 6.09 Å². The Hall–Kier alpha value is -1.88. The number of hydrogen-bond donors (Lipinski definition) is 1. The van der Waals surface area contributed by atoms with Crippen LogP contribution in [-0.2, 0) is 17.9 Å². The molecule has 0 atom stereocenters. The van der Waals surface area contributed by atoms with Crippen LogP contribution in [0.25, 0.3) is 0 Å². The fraction of sp³-hybridized carbons (Fsp3) is 0.133.